The first kappa shape index (κ1) is 16.6. The molecule has 0 N–H and O–H groups in total. The molecule has 4 heteroatoms. The number of ether oxygens (including phenoxy) is 1. The van der Waals surface area contributed by atoms with E-state index in [0.717, 1.165) is 18.6 Å². The number of fused-ring (bicyclic) bond motifs is 1. The van der Waals surface area contributed by atoms with Crippen LogP contribution >= 0.6 is 0 Å². The molecule has 1 aromatic rings. The SMILES string of the molecule is CC(C)(C)OC(=O)N1CC2C(C1)C2[Si](C)(C)Cc1ccccc1. The zero-order valence-electron chi connectivity index (χ0n) is 15.0. The van der Waals surface area contributed by atoms with Gasteiger partial charge in [0.2, 0.25) is 0 Å². The minimum atomic E-state index is -1.30. The third kappa shape index (κ3) is 3.63. The zero-order valence-corrected chi connectivity index (χ0v) is 16.0. The van der Waals surface area contributed by atoms with Gasteiger partial charge in [0.1, 0.15) is 5.60 Å². The predicted molar refractivity (Wildman–Crippen MR) is 96.2 cm³/mol. The molecule has 1 aliphatic heterocycles. The molecule has 0 radical (unpaired) electrons. The van der Waals surface area contributed by atoms with Crippen molar-refractivity contribution in [2.45, 2.75) is 51.1 Å². The van der Waals surface area contributed by atoms with E-state index in [-0.39, 0.29) is 6.09 Å². The normalized spacial score (nSPS) is 26.8. The number of carbonyl (C=O) groups excluding carboxylic acids is 1. The second kappa shape index (κ2) is 5.66. The molecule has 2 atom stereocenters. The highest BCUT2D eigenvalue weighted by atomic mass is 28.3. The van der Waals surface area contributed by atoms with Gasteiger partial charge in [-0.15, -0.1) is 0 Å². The molecule has 1 amide bonds. The summed E-state index contributed by atoms with van der Waals surface area (Å²) in [7, 11) is -1.30. The van der Waals surface area contributed by atoms with Crippen LogP contribution in [-0.4, -0.2) is 37.8 Å². The lowest BCUT2D eigenvalue weighted by atomic mass is 10.2. The van der Waals surface area contributed by atoms with Crippen LogP contribution in [0.2, 0.25) is 18.6 Å². The van der Waals surface area contributed by atoms with Crippen molar-refractivity contribution in [3.63, 3.8) is 0 Å². The maximum atomic E-state index is 12.2. The first-order valence-corrected chi connectivity index (χ1v) is 12.0. The summed E-state index contributed by atoms with van der Waals surface area (Å²) in [5, 5.41) is 0. The van der Waals surface area contributed by atoms with Crippen LogP contribution in [0.5, 0.6) is 0 Å². The molecule has 3 rings (SSSR count). The number of benzene rings is 1. The fraction of sp³-hybridized carbons (Fsp3) is 0.632. The smallest absolute Gasteiger partial charge is 0.410 e. The summed E-state index contributed by atoms with van der Waals surface area (Å²) in [5.74, 6) is 1.43. The van der Waals surface area contributed by atoms with E-state index in [1.54, 1.807) is 0 Å². The highest BCUT2D eigenvalue weighted by Gasteiger charge is 2.62. The second-order valence-electron chi connectivity index (χ2n) is 8.89. The van der Waals surface area contributed by atoms with Crippen LogP contribution in [0.3, 0.4) is 0 Å². The Kier molecular flexibility index (Phi) is 4.07. The molecule has 1 saturated carbocycles. The third-order valence-electron chi connectivity index (χ3n) is 5.25. The highest BCUT2D eigenvalue weighted by Crippen LogP contribution is 2.62. The maximum absolute atomic E-state index is 12.2. The first-order chi connectivity index (χ1) is 10.7. The minimum Gasteiger partial charge on any atom is -0.444 e. The minimum absolute atomic E-state index is 0.133. The Balaban J connectivity index is 1.56. The molecule has 2 fully saturated rings. The Morgan fingerprint density at radius 1 is 1.17 bits per heavy atom. The molecule has 1 aromatic carbocycles. The number of hydrogen-bond donors (Lipinski definition) is 0. The van der Waals surface area contributed by atoms with Gasteiger partial charge in [0.15, 0.2) is 0 Å². The lowest BCUT2D eigenvalue weighted by molar-refractivity contribution is 0.0273. The van der Waals surface area contributed by atoms with Crippen molar-refractivity contribution >= 4 is 14.2 Å². The average molecular weight is 332 g/mol. The molecule has 126 valence electrons. The topological polar surface area (TPSA) is 29.5 Å². The van der Waals surface area contributed by atoms with Gasteiger partial charge in [-0.1, -0.05) is 49.0 Å². The fourth-order valence-corrected chi connectivity index (χ4v) is 8.84. The molecule has 23 heavy (non-hydrogen) atoms. The summed E-state index contributed by atoms with van der Waals surface area (Å²) in [6.07, 6.45) is -0.133. The number of rotatable bonds is 3. The average Bonchev–Trinajstić information content (AvgIpc) is 2.95. The lowest BCUT2D eigenvalue weighted by Gasteiger charge is -2.29. The molecule has 2 unspecified atom stereocenters. The first-order valence-electron chi connectivity index (χ1n) is 8.69. The van der Waals surface area contributed by atoms with Crippen molar-refractivity contribution < 1.29 is 9.53 Å². The van der Waals surface area contributed by atoms with Crippen molar-refractivity contribution in [2.75, 3.05) is 13.1 Å². The van der Waals surface area contributed by atoms with Gasteiger partial charge in [-0.05, 0) is 44.2 Å². The Morgan fingerprint density at radius 3 is 2.26 bits per heavy atom. The number of amides is 1. The van der Waals surface area contributed by atoms with Crippen LogP contribution in [0.25, 0.3) is 0 Å². The monoisotopic (exact) mass is 331 g/mol. The van der Waals surface area contributed by atoms with Gasteiger partial charge in [-0.25, -0.2) is 4.79 Å². The van der Waals surface area contributed by atoms with Crippen molar-refractivity contribution in [3.05, 3.63) is 35.9 Å². The van der Waals surface area contributed by atoms with Crippen LogP contribution in [0.15, 0.2) is 30.3 Å². The Bertz CT molecular complexity index is 567. The standard InChI is InChI=1S/C19H29NO2Si/c1-19(2,3)22-18(21)20-11-15-16(12-20)17(15)23(4,5)13-14-9-7-6-8-10-14/h6-10,15-17H,11-13H2,1-5H3. The van der Waals surface area contributed by atoms with Crippen LogP contribution in [0.1, 0.15) is 26.3 Å². The number of piperidine rings is 1. The molecule has 1 saturated heterocycles. The fourth-order valence-electron chi connectivity index (χ4n) is 4.40. The van der Waals surface area contributed by atoms with Gasteiger partial charge in [-0.2, -0.15) is 0 Å². The van der Waals surface area contributed by atoms with Crippen LogP contribution in [-0.2, 0) is 10.8 Å². The van der Waals surface area contributed by atoms with E-state index in [9.17, 15) is 4.79 Å². The van der Waals surface area contributed by atoms with Crippen LogP contribution in [0.4, 0.5) is 4.79 Å². The number of nitrogens with zero attached hydrogens (tertiary/aromatic N) is 1. The van der Waals surface area contributed by atoms with Gasteiger partial charge in [0.25, 0.3) is 0 Å². The quantitative estimate of drug-likeness (QED) is 0.771. The van der Waals surface area contributed by atoms with E-state index < -0.39 is 13.7 Å². The molecule has 2 aliphatic rings. The van der Waals surface area contributed by atoms with E-state index in [4.69, 9.17) is 4.74 Å². The summed E-state index contributed by atoms with van der Waals surface area (Å²) < 4.78 is 5.51. The Hall–Kier alpha value is -1.29. The number of likely N-dealkylation sites (tertiary alicyclic amines) is 1. The van der Waals surface area contributed by atoms with E-state index in [2.05, 4.69) is 43.4 Å². The summed E-state index contributed by atoms with van der Waals surface area (Å²) in [5.41, 5.74) is 1.93. The van der Waals surface area contributed by atoms with Crippen molar-refractivity contribution in [3.8, 4) is 0 Å². The van der Waals surface area contributed by atoms with E-state index in [1.165, 1.54) is 11.6 Å². The molecule has 0 bridgehead atoms. The van der Waals surface area contributed by atoms with Gasteiger partial charge < -0.3 is 9.64 Å². The summed E-state index contributed by atoms with van der Waals surface area (Å²) in [6, 6.07) is 12.1. The Morgan fingerprint density at radius 2 is 1.74 bits per heavy atom. The molecular formula is C19H29NO2Si. The van der Waals surface area contributed by atoms with Gasteiger partial charge in [0, 0.05) is 13.1 Å². The summed E-state index contributed by atoms with van der Waals surface area (Å²) in [6.45, 7) is 12.6. The summed E-state index contributed by atoms with van der Waals surface area (Å²) >= 11 is 0. The van der Waals surface area contributed by atoms with Gasteiger partial charge in [-0.3, -0.25) is 0 Å². The summed E-state index contributed by atoms with van der Waals surface area (Å²) in [4.78, 5) is 14.1. The van der Waals surface area contributed by atoms with E-state index >= 15 is 0 Å². The van der Waals surface area contributed by atoms with E-state index in [1.807, 2.05) is 25.7 Å². The Labute approximate surface area is 141 Å². The molecule has 0 aromatic heterocycles. The molecule has 1 heterocycles. The van der Waals surface area contributed by atoms with E-state index in [0.29, 0.717) is 11.8 Å². The molecular weight excluding hydrogens is 302 g/mol. The largest absolute Gasteiger partial charge is 0.444 e. The van der Waals surface area contributed by atoms with Gasteiger partial charge >= 0.3 is 6.09 Å². The van der Waals surface area contributed by atoms with Gasteiger partial charge in [0.05, 0.1) is 8.07 Å². The number of hydrogen-bond acceptors (Lipinski definition) is 2. The number of carbonyl (C=O) groups is 1. The second-order valence-corrected chi connectivity index (χ2v) is 13.9. The third-order valence-corrected chi connectivity index (χ3v) is 9.23. The van der Waals surface area contributed by atoms with Crippen LogP contribution < -0.4 is 0 Å². The molecule has 3 nitrogen and oxygen atoms in total. The maximum Gasteiger partial charge on any atom is 0.410 e. The predicted octanol–water partition coefficient (Wildman–Crippen LogP) is 4.34. The van der Waals surface area contributed by atoms with Crippen molar-refractivity contribution in [2.24, 2.45) is 11.8 Å². The highest BCUT2D eigenvalue weighted by molar-refractivity contribution is 6.79. The zero-order chi connectivity index (χ0) is 16.8. The molecule has 1 aliphatic carbocycles. The molecule has 0 spiro atoms. The van der Waals surface area contributed by atoms with Crippen molar-refractivity contribution in [1.82, 2.24) is 4.90 Å². The van der Waals surface area contributed by atoms with Crippen molar-refractivity contribution in [1.29, 1.82) is 0 Å². The lowest BCUT2D eigenvalue weighted by Crippen LogP contribution is -2.40. The van der Waals surface area contributed by atoms with Crippen LogP contribution in [0, 0.1) is 11.8 Å².